The van der Waals surface area contributed by atoms with Crippen LogP contribution in [0.1, 0.15) is 36.7 Å². The Hall–Kier alpha value is -2.20. The summed E-state index contributed by atoms with van der Waals surface area (Å²) in [7, 11) is 2.16. The number of halogens is 1. The van der Waals surface area contributed by atoms with Crippen LogP contribution in [0.2, 0.25) is 0 Å². The Balaban J connectivity index is 1.84. The van der Waals surface area contributed by atoms with Gasteiger partial charge in [-0.1, -0.05) is 12.1 Å². The van der Waals surface area contributed by atoms with Gasteiger partial charge in [0.1, 0.15) is 5.82 Å². The van der Waals surface area contributed by atoms with E-state index < -0.39 is 0 Å². The van der Waals surface area contributed by atoms with E-state index in [4.69, 9.17) is 0 Å². The van der Waals surface area contributed by atoms with E-state index in [0.29, 0.717) is 12.1 Å². The van der Waals surface area contributed by atoms with E-state index in [-0.39, 0.29) is 5.82 Å². The molecule has 3 nitrogen and oxygen atoms in total. The third-order valence-electron chi connectivity index (χ3n) is 5.77. The molecule has 0 aliphatic carbocycles. The molecule has 3 aromatic rings. The lowest BCUT2D eigenvalue weighted by Crippen LogP contribution is -2.38. The zero-order valence-electron chi connectivity index (χ0n) is 15.0. The van der Waals surface area contributed by atoms with Crippen LogP contribution in [-0.2, 0) is 19.4 Å². The molecule has 1 aromatic carbocycles. The fourth-order valence-electron chi connectivity index (χ4n) is 4.18. The van der Waals surface area contributed by atoms with E-state index in [0.717, 1.165) is 30.3 Å². The highest BCUT2D eigenvalue weighted by atomic mass is 19.1. The van der Waals surface area contributed by atoms with Crippen LogP contribution in [-0.4, -0.2) is 27.5 Å². The standard InChI is InChI=1S/C21H24FN3/c1-14-13-19-20(15(2)24(14)3)17-5-4-6-18(22)21(17)25(19)12-9-16-7-10-23-11-8-16/h4-8,10-11,14-15H,9,12-13H2,1-3H3. The van der Waals surface area contributed by atoms with Gasteiger partial charge in [-0.05, 0) is 56.6 Å². The number of para-hydroxylation sites is 1. The van der Waals surface area contributed by atoms with Crippen LogP contribution in [0.3, 0.4) is 0 Å². The van der Waals surface area contributed by atoms with Crippen LogP contribution in [0.4, 0.5) is 4.39 Å². The van der Waals surface area contributed by atoms with Crippen molar-refractivity contribution in [3.05, 3.63) is 65.4 Å². The third kappa shape index (κ3) is 2.65. The highest BCUT2D eigenvalue weighted by molar-refractivity contribution is 5.87. The molecular formula is C21H24FN3. The average molecular weight is 337 g/mol. The maximum atomic E-state index is 14.7. The van der Waals surface area contributed by atoms with Gasteiger partial charge in [-0.2, -0.15) is 0 Å². The first-order valence-corrected chi connectivity index (χ1v) is 8.98. The second-order valence-corrected chi connectivity index (χ2v) is 7.15. The molecule has 0 fully saturated rings. The molecule has 4 heteroatoms. The number of rotatable bonds is 3. The smallest absolute Gasteiger partial charge is 0.147 e. The maximum absolute atomic E-state index is 14.7. The van der Waals surface area contributed by atoms with Gasteiger partial charge >= 0.3 is 0 Å². The number of likely N-dealkylation sites (N-methyl/N-ethyl adjacent to an activating group) is 1. The summed E-state index contributed by atoms with van der Waals surface area (Å²) in [4.78, 5) is 6.47. The molecule has 0 saturated heterocycles. The topological polar surface area (TPSA) is 21.1 Å². The molecule has 25 heavy (non-hydrogen) atoms. The quantitative estimate of drug-likeness (QED) is 0.708. The molecule has 0 N–H and O–H groups in total. The minimum absolute atomic E-state index is 0.121. The Kier molecular flexibility index (Phi) is 4.08. The predicted octanol–water partition coefficient (Wildman–Crippen LogP) is 4.36. The number of fused-ring (bicyclic) bond motifs is 3. The zero-order valence-corrected chi connectivity index (χ0v) is 15.0. The molecule has 2 atom stereocenters. The number of aromatic nitrogens is 2. The highest BCUT2D eigenvalue weighted by Gasteiger charge is 2.32. The van der Waals surface area contributed by atoms with Crippen molar-refractivity contribution in [2.75, 3.05) is 7.05 Å². The summed E-state index contributed by atoms with van der Waals surface area (Å²) in [5.74, 6) is -0.121. The predicted molar refractivity (Wildman–Crippen MR) is 99.2 cm³/mol. The number of nitrogens with zero attached hydrogens (tertiary/aromatic N) is 3. The van der Waals surface area contributed by atoms with Crippen molar-refractivity contribution in [3.63, 3.8) is 0 Å². The van der Waals surface area contributed by atoms with E-state index in [2.05, 4.69) is 41.4 Å². The van der Waals surface area contributed by atoms with E-state index in [1.54, 1.807) is 6.07 Å². The van der Waals surface area contributed by atoms with Gasteiger partial charge in [-0.25, -0.2) is 4.39 Å². The Morgan fingerprint density at radius 3 is 2.68 bits per heavy atom. The van der Waals surface area contributed by atoms with Crippen molar-refractivity contribution >= 4 is 10.9 Å². The van der Waals surface area contributed by atoms with Crippen LogP contribution < -0.4 is 0 Å². The Labute approximate surface area is 148 Å². The maximum Gasteiger partial charge on any atom is 0.147 e. The molecular weight excluding hydrogens is 313 g/mol. The fraction of sp³-hybridized carbons (Fsp3) is 0.381. The van der Waals surface area contributed by atoms with Gasteiger partial charge in [0.15, 0.2) is 0 Å². The first-order valence-electron chi connectivity index (χ1n) is 8.98. The van der Waals surface area contributed by atoms with Gasteiger partial charge in [0.05, 0.1) is 5.52 Å². The van der Waals surface area contributed by atoms with Crippen LogP contribution in [0.5, 0.6) is 0 Å². The molecule has 3 heterocycles. The number of pyridine rings is 1. The van der Waals surface area contributed by atoms with Crippen LogP contribution in [0, 0.1) is 5.82 Å². The van der Waals surface area contributed by atoms with E-state index in [1.807, 2.05) is 30.6 Å². The third-order valence-corrected chi connectivity index (χ3v) is 5.77. The van der Waals surface area contributed by atoms with E-state index >= 15 is 0 Å². The average Bonchev–Trinajstić information content (AvgIpc) is 2.93. The molecule has 4 rings (SSSR count). The summed E-state index contributed by atoms with van der Waals surface area (Å²) in [5.41, 5.74) is 4.59. The number of benzene rings is 1. The zero-order chi connectivity index (χ0) is 17.6. The molecule has 0 radical (unpaired) electrons. The molecule has 0 spiro atoms. The van der Waals surface area contributed by atoms with Gasteiger partial charge in [0.2, 0.25) is 0 Å². The lowest BCUT2D eigenvalue weighted by atomic mass is 9.93. The van der Waals surface area contributed by atoms with Gasteiger partial charge in [-0.15, -0.1) is 0 Å². The molecule has 0 bridgehead atoms. The lowest BCUT2D eigenvalue weighted by Gasteiger charge is -2.36. The largest absolute Gasteiger partial charge is 0.341 e. The molecule has 1 aliphatic heterocycles. The van der Waals surface area contributed by atoms with Gasteiger partial charge < -0.3 is 4.57 Å². The summed E-state index contributed by atoms with van der Waals surface area (Å²) in [5, 5.41) is 1.07. The van der Waals surface area contributed by atoms with Crippen molar-refractivity contribution in [2.24, 2.45) is 0 Å². The summed E-state index contributed by atoms with van der Waals surface area (Å²) in [6, 6.07) is 10.3. The fourth-order valence-corrected chi connectivity index (χ4v) is 4.18. The van der Waals surface area contributed by atoms with Crippen molar-refractivity contribution < 1.29 is 4.39 Å². The second kappa shape index (κ2) is 6.26. The minimum atomic E-state index is -0.121. The molecule has 0 amide bonds. The van der Waals surface area contributed by atoms with Crippen LogP contribution >= 0.6 is 0 Å². The Bertz CT molecular complexity index is 900. The van der Waals surface area contributed by atoms with Crippen molar-refractivity contribution in [3.8, 4) is 0 Å². The number of aryl methyl sites for hydroxylation is 2. The summed E-state index contributed by atoms with van der Waals surface area (Å²) >= 11 is 0. The monoisotopic (exact) mass is 337 g/mol. The van der Waals surface area contributed by atoms with Crippen LogP contribution in [0.15, 0.2) is 42.7 Å². The normalized spacial score (nSPS) is 20.8. The molecule has 130 valence electrons. The summed E-state index contributed by atoms with van der Waals surface area (Å²) in [6.07, 6.45) is 5.48. The minimum Gasteiger partial charge on any atom is -0.341 e. The molecule has 1 aliphatic rings. The lowest BCUT2D eigenvalue weighted by molar-refractivity contribution is 0.177. The van der Waals surface area contributed by atoms with Crippen molar-refractivity contribution in [1.29, 1.82) is 0 Å². The Morgan fingerprint density at radius 2 is 1.92 bits per heavy atom. The van der Waals surface area contributed by atoms with Crippen LogP contribution in [0.25, 0.3) is 10.9 Å². The highest BCUT2D eigenvalue weighted by Crippen LogP contribution is 2.39. The molecule has 0 saturated carbocycles. The van der Waals surface area contributed by atoms with E-state index in [9.17, 15) is 4.39 Å². The molecule has 2 unspecified atom stereocenters. The molecule has 2 aromatic heterocycles. The van der Waals surface area contributed by atoms with Crippen molar-refractivity contribution in [2.45, 2.75) is 45.3 Å². The second-order valence-electron chi connectivity index (χ2n) is 7.15. The first kappa shape index (κ1) is 16.3. The summed E-state index contributed by atoms with van der Waals surface area (Å²) < 4.78 is 17.0. The Morgan fingerprint density at radius 1 is 1.16 bits per heavy atom. The first-order chi connectivity index (χ1) is 12.1. The van der Waals surface area contributed by atoms with Crippen molar-refractivity contribution in [1.82, 2.24) is 14.5 Å². The number of hydrogen-bond donors (Lipinski definition) is 0. The van der Waals surface area contributed by atoms with E-state index in [1.165, 1.54) is 16.8 Å². The SMILES string of the molecule is CC1Cc2c(c3cccc(F)c3n2CCc2ccncc2)C(C)N1C. The van der Waals surface area contributed by atoms with Gasteiger partial charge in [-0.3, -0.25) is 9.88 Å². The van der Waals surface area contributed by atoms with Gasteiger partial charge in [0.25, 0.3) is 0 Å². The number of hydrogen-bond acceptors (Lipinski definition) is 2. The summed E-state index contributed by atoms with van der Waals surface area (Å²) in [6.45, 7) is 5.27. The van der Waals surface area contributed by atoms with Gasteiger partial charge in [0, 0.05) is 48.5 Å².